The molecule has 1 heterocycles. The van der Waals surface area contributed by atoms with Crippen LogP contribution in [0.5, 0.6) is 0 Å². The van der Waals surface area contributed by atoms with Crippen molar-refractivity contribution in [2.75, 3.05) is 13.1 Å². The van der Waals surface area contributed by atoms with Gasteiger partial charge in [0.15, 0.2) is 0 Å². The van der Waals surface area contributed by atoms with Crippen LogP contribution in [-0.2, 0) is 0 Å². The minimum Gasteiger partial charge on any atom is -0.323 e. The number of nitrogens with zero attached hydrogens (tertiary/aromatic N) is 1. The molecular weight excluding hydrogens is 244 g/mol. The predicted molar refractivity (Wildman–Crippen MR) is 84.7 cm³/mol. The van der Waals surface area contributed by atoms with E-state index in [1.807, 2.05) is 0 Å². The molecule has 2 fully saturated rings. The van der Waals surface area contributed by atoms with Gasteiger partial charge in [-0.15, -0.1) is 0 Å². The highest BCUT2D eigenvalue weighted by atomic mass is 15.2. The predicted octanol–water partition coefficient (Wildman–Crippen LogP) is 3.65. The van der Waals surface area contributed by atoms with E-state index in [0.717, 1.165) is 18.5 Å². The van der Waals surface area contributed by atoms with Gasteiger partial charge in [0.1, 0.15) is 0 Å². The van der Waals surface area contributed by atoms with Gasteiger partial charge in [-0.25, -0.2) is 0 Å². The molecule has 1 saturated heterocycles. The molecule has 0 amide bonds. The molecule has 0 radical (unpaired) electrons. The highest BCUT2D eigenvalue weighted by Crippen LogP contribution is 2.36. The third-order valence-corrected chi connectivity index (χ3v) is 5.38. The first-order valence-electron chi connectivity index (χ1n) is 8.31. The number of aryl methyl sites for hydroxylation is 1. The van der Waals surface area contributed by atoms with Gasteiger partial charge in [-0.2, -0.15) is 0 Å². The monoisotopic (exact) mass is 272 g/mol. The Morgan fingerprint density at radius 3 is 2.65 bits per heavy atom. The van der Waals surface area contributed by atoms with Crippen molar-refractivity contribution < 1.29 is 0 Å². The van der Waals surface area contributed by atoms with E-state index >= 15 is 0 Å². The molecule has 1 aliphatic heterocycles. The zero-order valence-electron chi connectivity index (χ0n) is 12.7. The third kappa shape index (κ3) is 2.91. The first kappa shape index (κ1) is 14.1. The summed E-state index contributed by atoms with van der Waals surface area (Å²) < 4.78 is 0. The highest BCUT2D eigenvalue weighted by molar-refractivity contribution is 5.28. The SMILES string of the molecule is Cc1ccccc1C(N)CN1CCCC1C1CCCC1. The van der Waals surface area contributed by atoms with Gasteiger partial charge in [-0.1, -0.05) is 37.1 Å². The van der Waals surface area contributed by atoms with Gasteiger partial charge in [0.05, 0.1) is 0 Å². The molecule has 0 bridgehead atoms. The van der Waals surface area contributed by atoms with E-state index in [2.05, 4.69) is 36.1 Å². The Morgan fingerprint density at radius 2 is 1.90 bits per heavy atom. The Balaban J connectivity index is 1.65. The molecule has 2 N–H and O–H groups in total. The largest absolute Gasteiger partial charge is 0.323 e. The number of hydrogen-bond acceptors (Lipinski definition) is 2. The topological polar surface area (TPSA) is 29.3 Å². The Morgan fingerprint density at radius 1 is 1.15 bits per heavy atom. The zero-order chi connectivity index (χ0) is 13.9. The van der Waals surface area contributed by atoms with Crippen molar-refractivity contribution in [3.05, 3.63) is 35.4 Å². The third-order valence-electron chi connectivity index (χ3n) is 5.38. The molecule has 20 heavy (non-hydrogen) atoms. The summed E-state index contributed by atoms with van der Waals surface area (Å²) in [5.41, 5.74) is 9.15. The second-order valence-electron chi connectivity index (χ2n) is 6.71. The van der Waals surface area contributed by atoms with Crippen LogP contribution in [0.3, 0.4) is 0 Å². The van der Waals surface area contributed by atoms with E-state index in [4.69, 9.17) is 5.73 Å². The van der Waals surface area contributed by atoms with E-state index in [9.17, 15) is 0 Å². The van der Waals surface area contributed by atoms with Gasteiger partial charge >= 0.3 is 0 Å². The summed E-state index contributed by atoms with van der Waals surface area (Å²) in [4.78, 5) is 2.69. The van der Waals surface area contributed by atoms with E-state index in [-0.39, 0.29) is 6.04 Å². The average molecular weight is 272 g/mol. The minimum atomic E-state index is 0.165. The van der Waals surface area contributed by atoms with Crippen molar-refractivity contribution in [3.8, 4) is 0 Å². The molecule has 110 valence electrons. The molecule has 3 rings (SSSR count). The lowest BCUT2D eigenvalue weighted by Crippen LogP contribution is -2.39. The van der Waals surface area contributed by atoms with E-state index < -0.39 is 0 Å². The quantitative estimate of drug-likeness (QED) is 0.906. The van der Waals surface area contributed by atoms with Crippen molar-refractivity contribution in [1.82, 2.24) is 4.90 Å². The molecular formula is C18H28N2. The summed E-state index contributed by atoms with van der Waals surface area (Å²) in [6, 6.07) is 9.56. The number of nitrogens with two attached hydrogens (primary N) is 1. The van der Waals surface area contributed by atoms with Crippen LogP contribution in [0.1, 0.15) is 55.7 Å². The number of benzene rings is 1. The van der Waals surface area contributed by atoms with Gasteiger partial charge in [0, 0.05) is 18.6 Å². The van der Waals surface area contributed by atoms with Crippen molar-refractivity contribution in [2.45, 2.75) is 57.5 Å². The number of likely N-dealkylation sites (tertiary alicyclic amines) is 1. The Hall–Kier alpha value is -0.860. The summed E-state index contributed by atoms with van der Waals surface area (Å²) in [6.45, 7) is 4.46. The fraction of sp³-hybridized carbons (Fsp3) is 0.667. The van der Waals surface area contributed by atoms with Gasteiger partial charge < -0.3 is 5.73 Å². The smallest absolute Gasteiger partial charge is 0.0427 e. The molecule has 0 aromatic heterocycles. The lowest BCUT2D eigenvalue weighted by Gasteiger charge is -2.31. The second-order valence-corrected chi connectivity index (χ2v) is 6.71. The molecule has 2 aliphatic rings. The van der Waals surface area contributed by atoms with Crippen LogP contribution in [0.2, 0.25) is 0 Å². The fourth-order valence-corrected chi connectivity index (χ4v) is 4.31. The van der Waals surface area contributed by atoms with Crippen LogP contribution in [0.25, 0.3) is 0 Å². The lowest BCUT2D eigenvalue weighted by molar-refractivity contribution is 0.181. The van der Waals surface area contributed by atoms with Gasteiger partial charge in [-0.05, 0) is 56.2 Å². The first-order valence-corrected chi connectivity index (χ1v) is 8.31. The van der Waals surface area contributed by atoms with Crippen molar-refractivity contribution in [2.24, 2.45) is 11.7 Å². The number of rotatable bonds is 4. The second kappa shape index (κ2) is 6.28. The van der Waals surface area contributed by atoms with Crippen molar-refractivity contribution >= 4 is 0 Å². The van der Waals surface area contributed by atoms with E-state index in [0.29, 0.717) is 0 Å². The normalized spacial score (nSPS) is 26.2. The average Bonchev–Trinajstić information content (AvgIpc) is 3.09. The lowest BCUT2D eigenvalue weighted by atomic mass is 9.95. The molecule has 2 nitrogen and oxygen atoms in total. The molecule has 1 aliphatic carbocycles. The van der Waals surface area contributed by atoms with Gasteiger partial charge in [0.25, 0.3) is 0 Å². The Labute approximate surface area is 123 Å². The molecule has 1 saturated carbocycles. The van der Waals surface area contributed by atoms with Crippen LogP contribution >= 0.6 is 0 Å². The summed E-state index contributed by atoms with van der Waals surface area (Å²) in [5, 5.41) is 0. The summed E-state index contributed by atoms with van der Waals surface area (Å²) in [7, 11) is 0. The molecule has 2 unspecified atom stereocenters. The van der Waals surface area contributed by atoms with E-state index in [1.54, 1.807) is 0 Å². The van der Waals surface area contributed by atoms with Crippen molar-refractivity contribution in [3.63, 3.8) is 0 Å². The maximum atomic E-state index is 6.49. The first-order chi connectivity index (χ1) is 9.75. The van der Waals surface area contributed by atoms with Gasteiger partial charge in [0.2, 0.25) is 0 Å². The van der Waals surface area contributed by atoms with Crippen LogP contribution in [0, 0.1) is 12.8 Å². The molecule has 2 atom stereocenters. The standard InChI is InChI=1S/C18H28N2/c1-14-7-2-5-10-16(14)17(19)13-20-12-6-11-18(20)15-8-3-4-9-15/h2,5,7,10,15,17-18H,3-4,6,8-9,11-13,19H2,1H3. The van der Waals surface area contributed by atoms with E-state index in [1.165, 1.54) is 56.2 Å². The number of hydrogen-bond donors (Lipinski definition) is 1. The van der Waals surface area contributed by atoms with Crippen LogP contribution < -0.4 is 5.73 Å². The molecule has 2 heteroatoms. The van der Waals surface area contributed by atoms with Crippen LogP contribution in [0.4, 0.5) is 0 Å². The molecule has 0 spiro atoms. The zero-order valence-corrected chi connectivity index (χ0v) is 12.7. The Kier molecular flexibility index (Phi) is 4.42. The molecule has 1 aromatic carbocycles. The maximum Gasteiger partial charge on any atom is 0.0427 e. The van der Waals surface area contributed by atoms with Crippen molar-refractivity contribution in [1.29, 1.82) is 0 Å². The summed E-state index contributed by atoms with van der Waals surface area (Å²) >= 11 is 0. The van der Waals surface area contributed by atoms with Crippen LogP contribution in [-0.4, -0.2) is 24.0 Å². The minimum absolute atomic E-state index is 0.165. The van der Waals surface area contributed by atoms with Crippen LogP contribution in [0.15, 0.2) is 24.3 Å². The Bertz CT molecular complexity index is 437. The maximum absolute atomic E-state index is 6.49. The van der Waals surface area contributed by atoms with Gasteiger partial charge in [-0.3, -0.25) is 4.90 Å². The molecule has 1 aromatic rings. The fourth-order valence-electron chi connectivity index (χ4n) is 4.31. The summed E-state index contributed by atoms with van der Waals surface area (Å²) in [5.74, 6) is 0.946. The highest BCUT2D eigenvalue weighted by Gasteiger charge is 2.33. The summed E-state index contributed by atoms with van der Waals surface area (Å²) in [6.07, 6.45) is 8.53.